The fourth-order valence-electron chi connectivity index (χ4n) is 3.46. The molecule has 0 aliphatic carbocycles. The zero-order valence-corrected chi connectivity index (χ0v) is 18.7. The maximum atomic E-state index is 13.1. The van der Waals surface area contributed by atoms with E-state index in [0.717, 1.165) is 30.7 Å². The van der Waals surface area contributed by atoms with Crippen LogP contribution >= 0.6 is 0 Å². The predicted octanol–water partition coefficient (Wildman–Crippen LogP) is 6.40. The lowest BCUT2D eigenvalue weighted by Gasteiger charge is -2.24. The summed E-state index contributed by atoms with van der Waals surface area (Å²) < 4.78 is 46.2. The molecular formula is C25H28F3N3O2. The van der Waals surface area contributed by atoms with Crippen LogP contribution < -0.4 is 10.1 Å². The SMILES string of the molecule is CCCCN(Cc1cccn1Cc1cccc(C(F)(F)F)c1)C(=O)Nc1ccc(OC)cc1. The third-order valence-corrected chi connectivity index (χ3v) is 5.29. The molecule has 0 atom stereocenters. The molecule has 2 aromatic carbocycles. The van der Waals surface area contributed by atoms with Gasteiger partial charge in [0.05, 0.1) is 19.2 Å². The summed E-state index contributed by atoms with van der Waals surface area (Å²) in [6.07, 6.45) is -0.803. The largest absolute Gasteiger partial charge is 0.497 e. The second-order valence-electron chi connectivity index (χ2n) is 7.76. The predicted molar refractivity (Wildman–Crippen MR) is 122 cm³/mol. The number of halogens is 3. The normalized spacial score (nSPS) is 11.3. The number of urea groups is 1. The number of amides is 2. The summed E-state index contributed by atoms with van der Waals surface area (Å²) >= 11 is 0. The molecule has 3 rings (SSSR count). The van der Waals surface area contributed by atoms with Crippen molar-refractivity contribution in [1.82, 2.24) is 9.47 Å². The van der Waals surface area contributed by atoms with Gasteiger partial charge in [0.15, 0.2) is 0 Å². The molecule has 0 unspecified atom stereocenters. The van der Waals surface area contributed by atoms with Gasteiger partial charge in [0.2, 0.25) is 0 Å². The number of hydrogen-bond donors (Lipinski definition) is 1. The van der Waals surface area contributed by atoms with Crippen molar-refractivity contribution in [2.45, 2.75) is 39.0 Å². The molecule has 0 spiro atoms. The lowest BCUT2D eigenvalue weighted by atomic mass is 10.1. The number of carbonyl (C=O) groups is 1. The Kier molecular flexibility index (Phi) is 8.03. The highest BCUT2D eigenvalue weighted by Gasteiger charge is 2.30. The molecule has 5 nitrogen and oxygen atoms in total. The first kappa shape index (κ1) is 24.2. The van der Waals surface area contributed by atoms with Crippen molar-refractivity contribution in [3.8, 4) is 5.75 Å². The molecule has 0 bridgehead atoms. The van der Waals surface area contributed by atoms with Crippen LogP contribution in [-0.2, 0) is 19.3 Å². The smallest absolute Gasteiger partial charge is 0.416 e. The van der Waals surface area contributed by atoms with E-state index in [0.29, 0.717) is 30.1 Å². The third-order valence-electron chi connectivity index (χ3n) is 5.29. The zero-order valence-electron chi connectivity index (χ0n) is 18.7. The van der Waals surface area contributed by atoms with E-state index in [1.807, 2.05) is 22.9 Å². The van der Waals surface area contributed by atoms with Crippen LogP contribution in [0.2, 0.25) is 0 Å². The van der Waals surface area contributed by atoms with Gasteiger partial charge >= 0.3 is 12.2 Å². The number of nitrogens with one attached hydrogen (secondary N) is 1. The van der Waals surface area contributed by atoms with Crippen molar-refractivity contribution in [3.63, 3.8) is 0 Å². The van der Waals surface area contributed by atoms with Crippen molar-refractivity contribution < 1.29 is 22.7 Å². The number of anilines is 1. The maximum absolute atomic E-state index is 13.1. The molecule has 1 heterocycles. The van der Waals surface area contributed by atoms with Crippen molar-refractivity contribution in [1.29, 1.82) is 0 Å². The van der Waals surface area contributed by atoms with E-state index in [-0.39, 0.29) is 12.6 Å². The van der Waals surface area contributed by atoms with Crippen LogP contribution in [0.3, 0.4) is 0 Å². The van der Waals surface area contributed by atoms with Gasteiger partial charge in [-0.2, -0.15) is 13.2 Å². The summed E-state index contributed by atoms with van der Waals surface area (Å²) in [5.41, 5.74) is 1.37. The summed E-state index contributed by atoms with van der Waals surface area (Å²) in [5.74, 6) is 0.697. The first-order valence-corrected chi connectivity index (χ1v) is 10.8. The lowest BCUT2D eigenvalue weighted by Crippen LogP contribution is -2.36. The van der Waals surface area contributed by atoms with E-state index in [4.69, 9.17) is 4.74 Å². The molecule has 0 aliphatic heterocycles. The van der Waals surface area contributed by atoms with Crippen LogP contribution in [-0.4, -0.2) is 29.2 Å². The Morgan fingerprint density at radius 3 is 2.52 bits per heavy atom. The average molecular weight is 460 g/mol. The average Bonchev–Trinajstić information content (AvgIpc) is 3.23. The van der Waals surface area contributed by atoms with E-state index in [9.17, 15) is 18.0 Å². The van der Waals surface area contributed by atoms with Gasteiger partial charge in [0.25, 0.3) is 0 Å². The van der Waals surface area contributed by atoms with Crippen LogP contribution in [0, 0.1) is 0 Å². The Morgan fingerprint density at radius 1 is 1.09 bits per heavy atom. The highest BCUT2D eigenvalue weighted by Crippen LogP contribution is 2.29. The van der Waals surface area contributed by atoms with E-state index in [1.54, 1.807) is 42.3 Å². The van der Waals surface area contributed by atoms with Gasteiger partial charge in [0, 0.05) is 30.7 Å². The first-order chi connectivity index (χ1) is 15.8. The Morgan fingerprint density at radius 2 is 1.85 bits per heavy atom. The topological polar surface area (TPSA) is 46.5 Å². The maximum Gasteiger partial charge on any atom is 0.416 e. The second kappa shape index (κ2) is 10.9. The minimum absolute atomic E-state index is 0.236. The Bertz CT molecular complexity index is 1050. The van der Waals surface area contributed by atoms with E-state index >= 15 is 0 Å². The molecule has 2 amide bonds. The Labute approximate surface area is 191 Å². The van der Waals surface area contributed by atoms with E-state index in [1.165, 1.54) is 6.07 Å². The van der Waals surface area contributed by atoms with Crippen LogP contribution in [0.5, 0.6) is 5.75 Å². The van der Waals surface area contributed by atoms with Gasteiger partial charge in [-0.15, -0.1) is 0 Å². The van der Waals surface area contributed by atoms with Crippen molar-refractivity contribution in [2.75, 3.05) is 19.0 Å². The number of hydrogen-bond acceptors (Lipinski definition) is 2. The molecule has 176 valence electrons. The monoisotopic (exact) mass is 459 g/mol. The fraction of sp³-hybridized carbons (Fsp3) is 0.320. The van der Waals surface area contributed by atoms with Crippen LogP contribution in [0.1, 0.15) is 36.6 Å². The summed E-state index contributed by atoms with van der Waals surface area (Å²) in [6, 6.07) is 15.9. The lowest BCUT2D eigenvalue weighted by molar-refractivity contribution is -0.137. The molecule has 0 saturated heterocycles. The van der Waals surface area contributed by atoms with Gasteiger partial charge < -0.3 is 19.5 Å². The number of carbonyl (C=O) groups excluding carboxylic acids is 1. The van der Waals surface area contributed by atoms with E-state index in [2.05, 4.69) is 12.2 Å². The first-order valence-electron chi connectivity index (χ1n) is 10.8. The van der Waals surface area contributed by atoms with Gasteiger partial charge in [-0.05, 0) is 60.5 Å². The molecule has 0 saturated carbocycles. The number of benzene rings is 2. The quantitative estimate of drug-likeness (QED) is 0.403. The number of methoxy groups -OCH3 is 1. The summed E-state index contributed by atoms with van der Waals surface area (Å²) in [5, 5.41) is 2.91. The van der Waals surface area contributed by atoms with Gasteiger partial charge in [0.1, 0.15) is 5.75 Å². The van der Waals surface area contributed by atoms with Crippen LogP contribution in [0.4, 0.5) is 23.7 Å². The Hall–Kier alpha value is -3.42. The molecular weight excluding hydrogens is 431 g/mol. The summed E-state index contributed by atoms with van der Waals surface area (Å²) in [6.45, 7) is 3.24. The molecule has 3 aromatic rings. The molecule has 0 radical (unpaired) electrons. The van der Waals surface area contributed by atoms with Gasteiger partial charge in [-0.25, -0.2) is 4.79 Å². The highest BCUT2D eigenvalue weighted by atomic mass is 19.4. The van der Waals surface area contributed by atoms with Crippen molar-refractivity contribution >= 4 is 11.7 Å². The minimum Gasteiger partial charge on any atom is -0.497 e. The fourth-order valence-corrected chi connectivity index (χ4v) is 3.46. The van der Waals surface area contributed by atoms with E-state index < -0.39 is 11.7 Å². The Balaban J connectivity index is 1.73. The minimum atomic E-state index is -4.38. The molecule has 8 heteroatoms. The molecule has 1 aromatic heterocycles. The van der Waals surface area contributed by atoms with Crippen LogP contribution in [0.15, 0.2) is 66.9 Å². The highest BCUT2D eigenvalue weighted by molar-refractivity contribution is 5.89. The summed E-state index contributed by atoms with van der Waals surface area (Å²) in [4.78, 5) is 14.7. The number of alkyl halides is 3. The van der Waals surface area contributed by atoms with Gasteiger partial charge in [-0.1, -0.05) is 25.5 Å². The standard InChI is InChI=1S/C25H28F3N3O2/c1-3-4-14-31(24(32)29-21-10-12-23(33-2)13-11-21)18-22-9-6-15-30(22)17-19-7-5-8-20(16-19)25(26,27)28/h5-13,15-16H,3-4,14,17-18H2,1-2H3,(H,29,32). The van der Waals surface area contributed by atoms with Gasteiger partial charge in [-0.3, -0.25) is 0 Å². The number of rotatable bonds is 9. The second-order valence-corrected chi connectivity index (χ2v) is 7.76. The van der Waals surface area contributed by atoms with Crippen molar-refractivity contribution in [2.24, 2.45) is 0 Å². The molecule has 33 heavy (non-hydrogen) atoms. The summed E-state index contributed by atoms with van der Waals surface area (Å²) in [7, 11) is 1.58. The number of ether oxygens (including phenoxy) is 1. The molecule has 1 N–H and O–H groups in total. The van der Waals surface area contributed by atoms with Crippen LogP contribution in [0.25, 0.3) is 0 Å². The molecule has 0 fully saturated rings. The number of aromatic nitrogens is 1. The number of nitrogens with zero attached hydrogens (tertiary/aromatic N) is 2. The van der Waals surface area contributed by atoms with Crippen molar-refractivity contribution in [3.05, 3.63) is 83.7 Å². The molecule has 0 aliphatic rings. The third kappa shape index (κ3) is 6.78. The number of unbranched alkanes of at least 4 members (excludes halogenated alkanes) is 1. The zero-order chi connectivity index (χ0) is 23.8.